The van der Waals surface area contributed by atoms with E-state index in [0.29, 0.717) is 31.7 Å². The number of amides is 1. The molecule has 38 heavy (non-hydrogen) atoms. The first kappa shape index (κ1) is 27.0. The van der Waals surface area contributed by atoms with Gasteiger partial charge < -0.3 is 9.88 Å². The van der Waals surface area contributed by atoms with Gasteiger partial charge in [-0.05, 0) is 55.9 Å². The number of carbonyl (C=O) groups is 1. The molecule has 1 saturated heterocycles. The summed E-state index contributed by atoms with van der Waals surface area (Å²) in [4.78, 5) is 17.7. The molecule has 3 heterocycles. The SMILES string of the molecule is NS(=O)(=O)CCCn1ccc2c(C=CS(=O)(=O)N3CCC4(CC3)N=C(C3CCCCC3)NC4=O)cccc21. The number of sulfonamides is 2. The minimum Gasteiger partial charge on any atom is -0.347 e. The molecule has 0 bridgehead atoms. The summed E-state index contributed by atoms with van der Waals surface area (Å²) in [7, 11) is -7.20. The quantitative estimate of drug-likeness (QED) is 0.509. The fourth-order valence-corrected chi connectivity index (χ4v) is 7.54. The molecule has 5 rings (SSSR count). The highest BCUT2D eigenvalue weighted by Gasteiger charge is 2.48. The van der Waals surface area contributed by atoms with Crippen LogP contribution in [0.1, 0.15) is 56.9 Å². The lowest BCUT2D eigenvalue weighted by Gasteiger charge is -2.34. The second-order valence-electron chi connectivity index (χ2n) is 10.6. The third-order valence-corrected chi connectivity index (χ3v) is 10.4. The van der Waals surface area contributed by atoms with E-state index in [0.717, 1.165) is 48.0 Å². The van der Waals surface area contributed by atoms with Gasteiger partial charge in [-0.15, -0.1) is 0 Å². The Balaban J connectivity index is 1.25. The molecule has 1 aromatic heterocycles. The predicted molar refractivity (Wildman–Crippen MR) is 148 cm³/mol. The molecule has 3 aliphatic rings. The average Bonchev–Trinajstić information content (AvgIpc) is 3.44. The lowest BCUT2D eigenvalue weighted by atomic mass is 9.88. The van der Waals surface area contributed by atoms with E-state index in [2.05, 4.69) is 5.32 Å². The van der Waals surface area contributed by atoms with Crippen molar-refractivity contribution in [3.05, 3.63) is 41.4 Å². The van der Waals surface area contributed by atoms with Crippen molar-refractivity contribution in [2.24, 2.45) is 16.0 Å². The monoisotopic (exact) mass is 561 g/mol. The smallest absolute Gasteiger partial charge is 0.253 e. The Morgan fingerprint density at radius 2 is 1.82 bits per heavy atom. The summed E-state index contributed by atoms with van der Waals surface area (Å²) in [5.74, 6) is 0.917. The van der Waals surface area contributed by atoms with E-state index < -0.39 is 25.6 Å². The first-order valence-electron chi connectivity index (χ1n) is 13.2. The van der Waals surface area contributed by atoms with Gasteiger partial charge in [0.2, 0.25) is 20.0 Å². The van der Waals surface area contributed by atoms with E-state index in [9.17, 15) is 21.6 Å². The number of hydrogen-bond donors (Lipinski definition) is 2. The maximum atomic E-state index is 13.2. The highest BCUT2D eigenvalue weighted by Crippen LogP contribution is 2.35. The number of benzene rings is 1. The summed E-state index contributed by atoms with van der Waals surface area (Å²) in [6.07, 6.45) is 10.2. The van der Waals surface area contributed by atoms with Gasteiger partial charge in [0.25, 0.3) is 5.91 Å². The Bertz CT molecular complexity index is 1480. The number of nitrogens with zero attached hydrogens (tertiary/aromatic N) is 3. The third kappa shape index (κ3) is 5.73. The minimum absolute atomic E-state index is 0.0917. The number of carbonyl (C=O) groups excluding carboxylic acids is 1. The zero-order chi connectivity index (χ0) is 27.0. The first-order chi connectivity index (χ1) is 18.1. The summed E-state index contributed by atoms with van der Waals surface area (Å²) in [6.45, 7) is 0.970. The van der Waals surface area contributed by atoms with Gasteiger partial charge in [-0.3, -0.25) is 9.79 Å². The molecule has 3 N–H and O–H groups in total. The zero-order valence-corrected chi connectivity index (χ0v) is 23.0. The molecule has 206 valence electrons. The van der Waals surface area contributed by atoms with Crippen LogP contribution in [-0.4, -0.2) is 61.8 Å². The van der Waals surface area contributed by atoms with Gasteiger partial charge in [-0.2, -0.15) is 4.31 Å². The van der Waals surface area contributed by atoms with Gasteiger partial charge in [0.15, 0.2) is 0 Å². The highest BCUT2D eigenvalue weighted by molar-refractivity contribution is 7.92. The number of aliphatic imine (C=N–C) groups is 1. The predicted octanol–water partition coefficient (Wildman–Crippen LogP) is 2.56. The Morgan fingerprint density at radius 3 is 2.53 bits per heavy atom. The summed E-state index contributed by atoms with van der Waals surface area (Å²) < 4.78 is 52.1. The van der Waals surface area contributed by atoms with Crippen LogP contribution in [0.4, 0.5) is 0 Å². The first-order valence-corrected chi connectivity index (χ1v) is 16.5. The summed E-state index contributed by atoms with van der Waals surface area (Å²) in [5, 5.41) is 10.2. The Hall–Kier alpha value is -2.54. The van der Waals surface area contributed by atoms with E-state index in [4.69, 9.17) is 10.1 Å². The van der Waals surface area contributed by atoms with Crippen molar-refractivity contribution in [1.29, 1.82) is 0 Å². The number of hydrogen-bond acceptors (Lipinski definition) is 6. The van der Waals surface area contributed by atoms with Gasteiger partial charge >= 0.3 is 0 Å². The van der Waals surface area contributed by atoms with Crippen LogP contribution >= 0.6 is 0 Å². The van der Waals surface area contributed by atoms with Crippen molar-refractivity contribution in [2.75, 3.05) is 18.8 Å². The highest BCUT2D eigenvalue weighted by atomic mass is 32.2. The number of nitrogens with one attached hydrogen (secondary N) is 1. The maximum absolute atomic E-state index is 13.2. The van der Waals surface area contributed by atoms with E-state index in [1.807, 2.05) is 35.0 Å². The van der Waals surface area contributed by atoms with Crippen molar-refractivity contribution < 1.29 is 21.6 Å². The van der Waals surface area contributed by atoms with Crippen molar-refractivity contribution in [1.82, 2.24) is 14.2 Å². The van der Waals surface area contributed by atoms with Crippen LogP contribution in [0.2, 0.25) is 0 Å². The second-order valence-corrected chi connectivity index (χ2v) is 14.1. The number of aryl methyl sites for hydroxylation is 1. The molecule has 0 atom stereocenters. The van der Waals surface area contributed by atoms with E-state index in [1.165, 1.54) is 16.1 Å². The summed E-state index contributed by atoms with van der Waals surface area (Å²) >= 11 is 0. The lowest BCUT2D eigenvalue weighted by molar-refractivity contribution is -0.125. The van der Waals surface area contributed by atoms with Gasteiger partial charge in [0.1, 0.15) is 11.4 Å². The van der Waals surface area contributed by atoms with Gasteiger partial charge in [0.05, 0.1) is 5.75 Å². The molecular formula is C26H35N5O5S2. The number of aromatic nitrogens is 1. The van der Waals surface area contributed by atoms with Crippen LogP contribution in [0.15, 0.2) is 40.9 Å². The van der Waals surface area contributed by atoms with Crippen LogP contribution in [0.3, 0.4) is 0 Å². The van der Waals surface area contributed by atoms with Gasteiger partial charge in [-0.25, -0.2) is 22.0 Å². The Morgan fingerprint density at radius 1 is 1.08 bits per heavy atom. The minimum atomic E-state index is -3.69. The summed E-state index contributed by atoms with van der Waals surface area (Å²) in [6, 6.07) is 7.50. The average molecular weight is 562 g/mol. The number of amidine groups is 1. The maximum Gasteiger partial charge on any atom is 0.253 e. The molecule has 10 nitrogen and oxygen atoms in total. The third-order valence-electron chi connectivity index (χ3n) is 7.99. The van der Waals surface area contributed by atoms with E-state index in [1.54, 1.807) is 6.08 Å². The molecule has 2 aromatic rings. The fourth-order valence-electron chi connectivity index (χ4n) is 5.83. The standard InChI is InChI=1S/C26H35N5O5S2/c27-37(33,34)18-5-14-30-15-10-22-20(8-4-9-23(22)30)11-19-38(35,36)31-16-12-26(13-17-31)25(32)28-24(29-26)21-6-2-1-3-7-21/h4,8-11,15,19,21H,1-3,5-7,12-14,16-18H2,(H2,27,33,34)(H,28,29,32). The molecule has 1 aromatic carbocycles. The van der Waals surface area contributed by atoms with Crippen LogP contribution in [-0.2, 0) is 31.4 Å². The fraction of sp³-hybridized carbons (Fsp3) is 0.538. The largest absolute Gasteiger partial charge is 0.347 e. The lowest BCUT2D eigenvalue weighted by Crippen LogP contribution is -2.50. The number of fused-ring (bicyclic) bond motifs is 1. The Kier molecular flexibility index (Phi) is 7.51. The van der Waals surface area contributed by atoms with Crippen molar-refractivity contribution in [3.8, 4) is 0 Å². The zero-order valence-electron chi connectivity index (χ0n) is 21.4. The number of nitrogens with two attached hydrogens (primary N) is 1. The molecule has 12 heteroatoms. The number of primary sulfonamides is 1. The molecule has 0 radical (unpaired) electrons. The second kappa shape index (κ2) is 10.6. The van der Waals surface area contributed by atoms with E-state index >= 15 is 0 Å². The van der Waals surface area contributed by atoms with E-state index in [-0.39, 0.29) is 24.7 Å². The Labute approximate surface area is 224 Å². The van der Waals surface area contributed by atoms with Gasteiger partial charge in [0, 0.05) is 48.1 Å². The molecular weight excluding hydrogens is 526 g/mol. The molecule has 0 unspecified atom stereocenters. The molecule has 1 amide bonds. The number of piperidine rings is 1. The number of rotatable bonds is 8. The van der Waals surface area contributed by atoms with Crippen molar-refractivity contribution in [3.63, 3.8) is 0 Å². The molecule has 2 fully saturated rings. The molecule has 1 aliphatic carbocycles. The molecule has 1 saturated carbocycles. The van der Waals surface area contributed by atoms with Gasteiger partial charge in [-0.1, -0.05) is 31.4 Å². The normalized spacial score (nSPS) is 21.4. The summed E-state index contributed by atoms with van der Waals surface area (Å²) in [5.41, 5.74) is 0.791. The topological polar surface area (TPSA) is 144 Å². The van der Waals surface area contributed by atoms with Crippen LogP contribution in [0, 0.1) is 5.92 Å². The molecule has 1 spiro atoms. The van der Waals surface area contributed by atoms with Crippen LogP contribution < -0.4 is 10.5 Å². The van der Waals surface area contributed by atoms with Crippen molar-refractivity contribution in [2.45, 2.75) is 63.5 Å². The molecule has 2 aliphatic heterocycles. The van der Waals surface area contributed by atoms with Crippen LogP contribution in [0.5, 0.6) is 0 Å². The van der Waals surface area contributed by atoms with Crippen LogP contribution in [0.25, 0.3) is 17.0 Å². The van der Waals surface area contributed by atoms with Crippen molar-refractivity contribution >= 4 is 48.8 Å².